The zero-order valence-electron chi connectivity index (χ0n) is 12.1. The summed E-state index contributed by atoms with van der Waals surface area (Å²) in [7, 11) is 0. The van der Waals surface area contributed by atoms with Gasteiger partial charge in [-0.2, -0.15) is 4.98 Å². The maximum Gasteiger partial charge on any atom is 0.248 e. The van der Waals surface area contributed by atoms with Crippen LogP contribution in [0.2, 0.25) is 0 Å². The quantitative estimate of drug-likeness (QED) is 0.753. The second-order valence-electron chi connectivity index (χ2n) is 4.71. The van der Waals surface area contributed by atoms with Crippen molar-refractivity contribution in [2.24, 2.45) is 0 Å². The number of pyridine rings is 1. The molecule has 0 saturated carbocycles. The summed E-state index contributed by atoms with van der Waals surface area (Å²) in [5.41, 5.74) is 7.22. The van der Waals surface area contributed by atoms with Crippen molar-refractivity contribution in [1.82, 2.24) is 15.0 Å². The van der Waals surface area contributed by atoms with Crippen molar-refractivity contribution in [2.45, 2.75) is 6.54 Å². The number of nitrogens with two attached hydrogens (primary N) is 1. The molecule has 0 fully saturated rings. The molecule has 23 heavy (non-hydrogen) atoms. The number of nitrogens with one attached hydrogen (secondary N) is 1. The highest BCUT2D eigenvalue weighted by Crippen LogP contribution is 2.28. The van der Waals surface area contributed by atoms with Gasteiger partial charge in [-0.25, -0.2) is 9.37 Å². The van der Waals surface area contributed by atoms with E-state index in [4.69, 9.17) is 10.5 Å². The summed E-state index contributed by atoms with van der Waals surface area (Å²) < 4.78 is 18.5. The predicted octanol–water partition coefficient (Wildman–Crippen LogP) is 3.00. The van der Waals surface area contributed by atoms with E-state index in [0.717, 1.165) is 5.56 Å². The summed E-state index contributed by atoms with van der Waals surface area (Å²) in [5.74, 6) is 0.947. The van der Waals surface area contributed by atoms with Gasteiger partial charge >= 0.3 is 0 Å². The minimum atomic E-state index is -0.276. The Bertz CT molecular complexity index is 780. The minimum Gasteiger partial charge on any atom is -0.435 e. The first-order chi connectivity index (χ1) is 11.2. The van der Waals surface area contributed by atoms with Crippen LogP contribution in [0, 0.1) is 5.82 Å². The monoisotopic (exact) mass is 311 g/mol. The maximum absolute atomic E-state index is 12.9. The van der Waals surface area contributed by atoms with Gasteiger partial charge < -0.3 is 15.8 Å². The van der Waals surface area contributed by atoms with Crippen molar-refractivity contribution in [3.05, 3.63) is 66.5 Å². The number of hydrogen-bond acceptors (Lipinski definition) is 6. The summed E-state index contributed by atoms with van der Waals surface area (Å²) in [4.78, 5) is 12.1. The van der Waals surface area contributed by atoms with E-state index in [1.165, 1.54) is 18.5 Å². The second-order valence-corrected chi connectivity index (χ2v) is 4.71. The van der Waals surface area contributed by atoms with E-state index < -0.39 is 0 Å². The first-order valence-electron chi connectivity index (χ1n) is 6.89. The highest BCUT2D eigenvalue weighted by Gasteiger charge is 2.10. The largest absolute Gasteiger partial charge is 0.435 e. The third-order valence-corrected chi connectivity index (χ3v) is 3.07. The lowest BCUT2D eigenvalue weighted by molar-refractivity contribution is 0.462. The van der Waals surface area contributed by atoms with Gasteiger partial charge in [-0.15, -0.1) is 0 Å². The fourth-order valence-corrected chi connectivity index (χ4v) is 1.91. The molecule has 0 aliphatic carbocycles. The van der Waals surface area contributed by atoms with Crippen LogP contribution < -0.4 is 15.8 Å². The molecule has 3 aromatic rings. The molecule has 0 radical (unpaired) electrons. The molecule has 0 atom stereocenters. The van der Waals surface area contributed by atoms with Crippen LogP contribution in [0.3, 0.4) is 0 Å². The van der Waals surface area contributed by atoms with Crippen LogP contribution in [-0.4, -0.2) is 15.0 Å². The number of ether oxygens (including phenoxy) is 1. The van der Waals surface area contributed by atoms with Crippen LogP contribution in [-0.2, 0) is 6.54 Å². The molecule has 0 bridgehead atoms. The summed E-state index contributed by atoms with van der Waals surface area (Å²) in [5, 5.41) is 3.08. The van der Waals surface area contributed by atoms with E-state index in [1.807, 2.05) is 0 Å². The number of anilines is 2. The predicted molar refractivity (Wildman–Crippen MR) is 84.5 cm³/mol. The highest BCUT2D eigenvalue weighted by atomic mass is 19.1. The van der Waals surface area contributed by atoms with E-state index in [9.17, 15) is 4.39 Å². The van der Waals surface area contributed by atoms with Crippen LogP contribution in [0.4, 0.5) is 15.9 Å². The van der Waals surface area contributed by atoms with Gasteiger partial charge in [0.2, 0.25) is 5.88 Å². The fourth-order valence-electron chi connectivity index (χ4n) is 1.91. The Labute approximate surface area is 132 Å². The molecule has 6 nitrogen and oxygen atoms in total. The number of halogens is 1. The Kier molecular flexibility index (Phi) is 4.28. The van der Waals surface area contributed by atoms with E-state index in [0.29, 0.717) is 23.8 Å². The molecule has 3 rings (SSSR count). The molecular weight excluding hydrogens is 297 g/mol. The molecule has 3 N–H and O–H groups in total. The highest BCUT2D eigenvalue weighted by molar-refractivity contribution is 5.66. The lowest BCUT2D eigenvalue weighted by Crippen LogP contribution is -2.06. The number of aromatic nitrogens is 3. The third-order valence-electron chi connectivity index (χ3n) is 3.07. The molecule has 0 aliphatic heterocycles. The number of hydrogen-bond donors (Lipinski definition) is 2. The van der Waals surface area contributed by atoms with Gasteiger partial charge in [-0.1, -0.05) is 12.1 Å². The molecule has 0 spiro atoms. The van der Waals surface area contributed by atoms with Gasteiger partial charge in [0.1, 0.15) is 23.6 Å². The Morgan fingerprint density at radius 2 is 1.96 bits per heavy atom. The van der Waals surface area contributed by atoms with Gasteiger partial charge in [-0.3, -0.25) is 4.98 Å². The molecule has 7 heteroatoms. The van der Waals surface area contributed by atoms with Crippen LogP contribution in [0.5, 0.6) is 11.6 Å². The van der Waals surface area contributed by atoms with Gasteiger partial charge in [0, 0.05) is 12.7 Å². The van der Waals surface area contributed by atoms with Crippen molar-refractivity contribution in [3.8, 4) is 11.6 Å². The maximum atomic E-state index is 12.9. The Balaban J connectivity index is 1.73. The zero-order valence-corrected chi connectivity index (χ0v) is 12.1. The molecule has 2 heterocycles. The normalized spacial score (nSPS) is 10.3. The molecular formula is C16H14FN5O. The summed E-state index contributed by atoms with van der Waals surface area (Å²) in [6, 6.07) is 9.68. The molecule has 0 unspecified atom stereocenters. The van der Waals surface area contributed by atoms with Crippen LogP contribution >= 0.6 is 0 Å². The van der Waals surface area contributed by atoms with Gasteiger partial charge in [-0.05, 0) is 29.8 Å². The van der Waals surface area contributed by atoms with Gasteiger partial charge in [0.25, 0.3) is 0 Å². The first kappa shape index (κ1) is 14.7. The minimum absolute atomic E-state index is 0.245. The molecule has 0 aliphatic rings. The zero-order chi connectivity index (χ0) is 16.1. The lowest BCUT2D eigenvalue weighted by atomic mass is 10.2. The van der Waals surface area contributed by atoms with E-state index in [1.54, 1.807) is 36.7 Å². The smallest absolute Gasteiger partial charge is 0.248 e. The average molecular weight is 311 g/mol. The van der Waals surface area contributed by atoms with E-state index >= 15 is 0 Å². The number of nitrogens with zero attached hydrogens (tertiary/aromatic N) is 3. The SMILES string of the molecule is Nc1c(NCc2ccc(F)cc2)ncnc1Oc1cccnc1. The standard InChI is InChI=1S/C16H14FN5O/c17-12-5-3-11(4-6-12)8-20-15-14(18)16(22-10-21-15)23-13-2-1-7-19-9-13/h1-7,9-10H,8,18H2,(H,20,21,22). The van der Waals surface area contributed by atoms with Crippen molar-refractivity contribution in [3.63, 3.8) is 0 Å². The second kappa shape index (κ2) is 6.69. The Morgan fingerprint density at radius 3 is 2.70 bits per heavy atom. The number of rotatable bonds is 5. The van der Waals surface area contributed by atoms with Gasteiger partial charge in [0.05, 0.1) is 6.20 Å². The Morgan fingerprint density at radius 1 is 1.13 bits per heavy atom. The first-order valence-corrected chi connectivity index (χ1v) is 6.89. The van der Waals surface area contributed by atoms with Crippen molar-refractivity contribution in [2.75, 3.05) is 11.1 Å². The molecule has 116 valence electrons. The van der Waals surface area contributed by atoms with E-state index in [2.05, 4.69) is 20.3 Å². The van der Waals surface area contributed by atoms with Crippen LogP contribution in [0.25, 0.3) is 0 Å². The lowest BCUT2D eigenvalue weighted by Gasteiger charge is -2.11. The topological polar surface area (TPSA) is 86.0 Å². The molecule has 1 aromatic carbocycles. The fraction of sp³-hybridized carbons (Fsp3) is 0.0625. The van der Waals surface area contributed by atoms with Gasteiger partial charge in [0.15, 0.2) is 5.82 Å². The molecule has 2 aromatic heterocycles. The van der Waals surface area contributed by atoms with E-state index in [-0.39, 0.29) is 11.7 Å². The Hall–Kier alpha value is -3.22. The van der Waals surface area contributed by atoms with Crippen molar-refractivity contribution < 1.29 is 9.13 Å². The summed E-state index contributed by atoms with van der Waals surface area (Å²) in [6.45, 7) is 0.452. The number of nitrogen functional groups attached to an aromatic ring is 1. The average Bonchev–Trinajstić information content (AvgIpc) is 2.58. The summed E-state index contributed by atoms with van der Waals surface area (Å²) in [6.07, 6.45) is 4.56. The van der Waals surface area contributed by atoms with Crippen LogP contribution in [0.1, 0.15) is 5.56 Å². The third kappa shape index (κ3) is 3.70. The molecule has 0 amide bonds. The van der Waals surface area contributed by atoms with Crippen molar-refractivity contribution in [1.29, 1.82) is 0 Å². The van der Waals surface area contributed by atoms with Crippen LogP contribution in [0.15, 0.2) is 55.1 Å². The summed E-state index contributed by atoms with van der Waals surface area (Å²) >= 11 is 0. The van der Waals surface area contributed by atoms with Crippen molar-refractivity contribution >= 4 is 11.5 Å². The molecule has 0 saturated heterocycles. The number of benzene rings is 1.